The van der Waals surface area contributed by atoms with Crippen molar-refractivity contribution in [3.8, 4) is 5.88 Å². The molecule has 1 aliphatic rings. The molecule has 0 radical (unpaired) electrons. The molecule has 106 valence electrons. The zero-order valence-corrected chi connectivity index (χ0v) is 11.7. The molecule has 1 fully saturated rings. The van der Waals surface area contributed by atoms with Crippen LogP contribution in [0.15, 0.2) is 12.1 Å². The van der Waals surface area contributed by atoms with Crippen LogP contribution in [0.4, 0.5) is 11.5 Å². The fraction of sp³-hybridized carbons (Fsp3) is 0.643. The Balaban J connectivity index is 2.05. The number of rotatable bonds is 4. The lowest BCUT2D eigenvalue weighted by atomic mass is 9.92. The molecule has 2 heterocycles. The zero-order chi connectivity index (χ0) is 13.8. The molecule has 1 aliphatic heterocycles. The number of nitrogens with zero attached hydrogens (tertiary/aromatic N) is 2. The Morgan fingerprint density at radius 1 is 1.47 bits per heavy atom. The quantitative estimate of drug-likeness (QED) is 0.866. The summed E-state index contributed by atoms with van der Waals surface area (Å²) < 4.78 is 5.42. The maximum Gasteiger partial charge on any atom is 0.239 e. The fourth-order valence-electron chi connectivity index (χ4n) is 2.48. The van der Waals surface area contributed by atoms with Gasteiger partial charge in [-0.1, -0.05) is 0 Å². The molecule has 19 heavy (non-hydrogen) atoms. The van der Waals surface area contributed by atoms with E-state index in [1.807, 2.05) is 26.0 Å². The van der Waals surface area contributed by atoms with Crippen LogP contribution in [0.2, 0.25) is 0 Å². The first-order chi connectivity index (χ1) is 9.11. The van der Waals surface area contributed by atoms with Crippen LogP contribution >= 0.6 is 0 Å². The fourth-order valence-corrected chi connectivity index (χ4v) is 2.48. The summed E-state index contributed by atoms with van der Waals surface area (Å²) in [5, 5.41) is 9.61. The third-order valence-electron chi connectivity index (χ3n) is 3.70. The molecule has 0 aromatic carbocycles. The second-order valence-corrected chi connectivity index (χ2v) is 5.06. The second kappa shape index (κ2) is 6.10. The molecule has 5 nitrogen and oxygen atoms in total. The third kappa shape index (κ3) is 3.29. The van der Waals surface area contributed by atoms with Gasteiger partial charge in [0.05, 0.1) is 18.4 Å². The number of nitrogen functional groups attached to an aromatic ring is 1. The Morgan fingerprint density at radius 3 is 2.74 bits per heavy atom. The standard InChI is InChI=1S/C14H23N3O2/c1-3-19-14-12(15)4-5-13(16-14)17-8-6-11(7-9-17)10(2)18/h4-5,10-11,18H,3,6-9,15H2,1-2H3. The summed E-state index contributed by atoms with van der Waals surface area (Å²) in [5.74, 6) is 1.82. The highest BCUT2D eigenvalue weighted by Crippen LogP contribution is 2.27. The largest absolute Gasteiger partial charge is 0.476 e. The molecule has 2 rings (SSSR count). The summed E-state index contributed by atoms with van der Waals surface area (Å²) in [5.41, 5.74) is 6.40. The van der Waals surface area contributed by atoms with Crippen molar-refractivity contribution >= 4 is 11.5 Å². The van der Waals surface area contributed by atoms with Gasteiger partial charge in [-0.15, -0.1) is 0 Å². The zero-order valence-electron chi connectivity index (χ0n) is 11.7. The molecule has 0 bridgehead atoms. The first-order valence-electron chi connectivity index (χ1n) is 6.94. The molecule has 1 aromatic rings. The van der Waals surface area contributed by atoms with Crippen molar-refractivity contribution in [1.29, 1.82) is 0 Å². The van der Waals surface area contributed by atoms with Crippen LogP contribution in [0, 0.1) is 5.92 Å². The molecule has 3 N–H and O–H groups in total. The molecule has 5 heteroatoms. The number of aromatic nitrogens is 1. The van der Waals surface area contributed by atoms with Gasteiger partial charge in [-0.25, -0.2) is 0 Å². The number of aliphatic hydroxyl groups excluding tert-OH is 1. The smallest absolute Gasteiger partial charge is 0.239 e. The first kappa shape index (κ1) is 13.9. The molecule has 1 atom stereocenters. The Labute approximate surface area is 114 Å². The topological polar surface area (TPSA) is 71.6 Å². The number of piperidine rings is 1. The molecule has 0 spiro atoms. The number of pyridine rings is 1. The average molecular weight is 265 g/mol. The minimum absolute atomic E-state index is 0.222. The Bertz CT molecular complexity index is 415. The van der Waals surface area contributed by atoms with Gasteiger partial charge in [0.2, 0.25) is 5.88 Å². The van der Waals surface area contributed by atoms with Crippen molar-refractivity contribution in [3.63, 3.8) is 0 Å². The predicted molar refractivity (Wildman–Crippen MR) is 76.4 cm³/mol. The van der Waals surface area contributed by atoms with Crippen LogP contribution in [0.25, 0.3) is 0 Å². The number of anilines is 2. The third-order valence-corrected chi connectivity index (χ3v) is 3.70. The van der Waals surface area contributed by atoms with Crippen molar-refractivity contribution in [3.05, 3.63) is 12.1 Å². The summed E-state index contributed by atoms with van der Waals surface area (Å²) in [4.78, 5) is 6.69. The van der Waals surface area contributed by atoms with E-state index in [1.165, 1.54) is 0 Å². The van der Waals surface area contributed by atoms with E-state index in [0.29, 0.717) is 24.1 Å². The van der Waals surface area contributed by atoms with Gasteiger partial charge in [0, 0.05) is 13.1 Å². The first-order valence-corrected chi connectivity index (χ1v) is 6.94. The Hall–Kier alpha value is -1.49. The molecule has 1 saturated heterocycles. The maximum atomic E-state index is 9.61. The monoisotopic (exact) mass is 265 g/mol. The van der Waals surface area contributed by atoms with Crippen LogP contribution in [0.5, 0.6) is 5.88 Å². The summed E-state index contributed by atoms with van der Waals surface area (Å²) in [7, 11) is 0. The van der Waals surface area contributed by atoms with Crippen molar-refractivity contribution in [1.82, 2.24) is 4.98 Å². The highest BCUT2D eigenvalue weighted by atomic mass is 16.5. The Kier molecular flexibility index (Phi) is 4.47. The van der Waals surface area contributed by atoms with Crippen molar-refractivity contribution in [2.75, 3.05) is 30.3 Å². The minimum atomic E-state index is -0.222. The van der Waals surface area contributed by atoms with Gasteiger partial charge in [0.25, 0.3) is 0 Å². The van der Waals surface area contributed by atoms with Crippen LogP contribution < -0.4 is 15.4 Å². The molecule has 0 amide bonds. The lowest BCUT2D eigenvalue weighted by Crippen LogP contribution is -2.37. The van der Waals surface area contributed by atoms with E-state index < -0.39 is 0 Å². The highest BCUT2D eigenvalue weighted by molar-refractivity contribution is 5.54. The molecule has 0 saturated carbocycles. The molecular weight excluding hydrogens is 242 g/mol. The average Bonchev–Trinajstić information content (AvgIpc) is 2.41. The van der Waals surface area contributed by atoms with Gasteiger partial charge in [-0.3, -0.25) is 0 Å². The van der Waals surface area contributed by atoms with Crippen LogP contribution in [-0.2, 0) is 0 Å². The highest BCUT2D eigenvalue weighted by Gasteiger charge is 2.23. The molecule has 1 unspecified atom stereocenters. The maximum absolute atomic E-state index is 9.61. The van der Waals surface area contributed by atoms with E-state index in [0.717, 1.165) is 31.7 Å². The number of ether oxygens (including phenoxy) is 1. The van der Waals surface area contributed by atoms with Gasteiger partial charge in [-0.05, 0) is 44.7 Å². The van der Waals surface area contributed by atoms with Gasteiger partial charge in [0.1, 0.15) is 5.82 Å². The van der Waals surface area contributed by atoms with E-state index in [9.17, 15) is 5.11 Å². The Morgan fingerprint density at radius 2 is 2.16 bits per heavy atom. The minimum Gasteiger partial charge on any atom is -0.476 e. The van der Waals surface area contributed by atoms with Crippen molar-refractivity contribution < 1.29 is 9.84 Å². The van der Waals surface area contributed by atoms with Crippen LogP contribution in [-0.4, -0.2) is 35.9 Å². The van der Waals surface area contributed by atoms with E-state index in [1.54, 1.807) is 0 Å². The van der Waals surface area contributed by atoms with Gasteiger partial charge >= 0.3 is 0 Å². The van der Waals surface area contributed by atoms with Crippen molar-refractivity contribution in [2.24, 2.45) is 5.92 Å². The number of hydrogen-bond acceptors (Lipinski definition) is 5. The number of nitrogens with two attached hydrogens (primary N) is 1. The lowest BCUT2D eigenvalue weighted by molar-refractivity contribution is 0.109. The number of hydrogen-bond donors (Lipinski definition) is 2. The van der Waals surface area contributed by atoms with E-state index >= 15 is 0 Å². The summed E-state index contributed by atoms with van der Waals surface area (Å²) in [6, 6.07) is 3.77. The van der Waals surface area contributed by atoms with Gasteiger partial charge < -0.3 is 20.5 Å². The van der Waals surface area contributed by atoms with E-state index in [4.69, 9.17) is 10.5 Å². The normalized spacial score (nSPS) is 18.4. The SMILES string of the molecule is CCOc1nc(N2CCC(C(C)O)CC2)ccc1N. The van der Waals surface area contributed by atoms with Crippen LogP contribution in [0.3, 0.4) is 0 Å². The molecule has 1 aromatic heterocycles. The summed E-state index contributed by atoms with van der Waals surface area (Å²) >= 11 is 0. The number of aliphatic hydroxyl groups is 1. The van der Waals surface area contributed by atoms with E-state index in [2.05, 4.69) is 9.88 Å². The van der Waals surface area contributed by atoms with Gasteiger partial charge in [-0.2, -0.15) is 4.98 Å². The molecule has 0 aliphatic carbocycles. The van der Waals surface area contributed by atoms with E-state index in [-0.39, 0.29) is 6.10 Å². The lowest BCUT2D eigenvalue weighted by Gasteiger charge is -2.34. The summed E-state index contributed by atoms with van der Waals surface area (Å²) in [6.07, 6.45) is 1.77. The molecular formula is C14H23N3O2. The van der Waals surface area contributed by atoms with Crippen LogP contribution in [0.1, 0.15) is 26.7 Å². The van der Waals surface area contributed by atoms with Crippen molar-refractivity contribution in [2.45, 2.75) is 32.8 Å². The summed E-state index contributed by atoms with van der Waals surface area (Å²) in [6.45, 7) is 6.18. The predicted octanol–water partition coefficient (Wildman–Crippen LogP) is 1.66. The second-order valence-electron chi connectivity index (χ2n) is 5.06. The van der Waals surface area contributed by atoms with Gasteiger partial charge in [0.15, 0.2) is 0 Å².